The van der Waals surface area contributed by atoms with Gasteiger partial charge in [0.25, 0.3) is 0 Å². The number of ether oxygens (including phenoxy) is 2. The minimum atomic E-state index is -3.42. The van der Waals surface area contributed by atoms with Crippen molar-refractivity contribution in [3.8, 4) is 5.75 Å². The molecule has 1 saturated heterocycles. The lowest BCUT2D eigenvalue weighted by molar-refractivity contribution is 0.0305. The summed E-state index contributed by atoms with van der Waals surface area (Å²) in [7, 11) is -1.99. The van der Waals surface area contributed by atoms with Gasteiger partial charge in [-0.25, -0.2) is 8.42 Å². The number of nitrogens with two attached hydrogens (primary N) is 1. The average Bonchev–Trinajstić information content (AvgIpc) is 2.38. The van der Waals surface area contributed by atoms with Crippen LogP contribution in [-0.4, -0.2) is 34.0 Å². The zero-order valence-electron chi connectivity index (χ0n) is 11.0. The van der Waals surface area contributed by atoms with Gasteiger partial charge in [-0.05, 0) is 31.4 Å². The Bertz CT molecular complexity index is 536. The Kier molecular flexibility index (Phi) is 4.31. The summed E-state index contributed by atoms with van der Waals surface area (Å²) < 4.78 is 35.4. The van der Waals surface area contributed by atoms with Crippen LogP contribution in [0.5, 0.6) is 5.75 Å². The number of anilines is 1. The van der Waals surface area contributed by atoms with Crippen molar-refractivity contribution < 1.29 is 17.9 Å². The van der Waals surface area contributed by atoms with Gasteiger partial charge in [-0.15, -0.1) is 0 Å². The molecule has 2 rings (SSSR count). The van der Waals surface area contributed by atoms with Gasteiger partial charge >= 0.3 is 0 Å². The summed E-state index contributed by atoms with van der Waals surface area (Å²) in [6, 6.07) is 4.58. The lowest BCUT2D eigenvalue weighted by atomic mass is 10.1. The standard InChI is InChI=1S/C13H19NO4S/c1-17-12-8-10(14)5-6-13(12)19(15,16)9-11-4-2-3-7-18-11/h5-6,8,11H,2-4,7,9,14H2,1H3. The first kappa shape index (κ1) is 14.1. The monoisotopic (exact) mass is 285 g/mol. The van der Waals surface area contributed by atoms with Crippen LogP contribution in [0.1, 0.15) is 19.3 Å². The molecule has 1 aromatic rings. The fourth-order valence-corrected chi connectivity index (χ4v) is 3.87. The van der Waals surface area contributed by atoms with Crippen molar-refractivity contribution >= 4 is 15.5 Å². The molecular formula is C13H19NO4S. The van der Waals surface area contributed by atoms with Crippen LogP contribution in [0, 0.1) is 0 Å². The van der Waals surface area contributed by atoms with E-state index in [9.17, 15) is 8.42 Å². The summed E-state index contributed by atoms with van der Waals surface area (Å²) in [6.07, 6.45) is 2.58. The first-order valence-corrected chi connectivity index (χ1v) is 7.96. The van der Waals surface area contributed by atoms with E-state index in [-0.39, 0.29) is 22.5 Å². The lowest BCUT2D eigenvalue weighted by Gasteiger charge is -2.22. The van der Waals surface area contributed by atoms with Crippen LogP contribution in [0.25, 0.3) is 0 Å². The van der Waals surface area contributed by atoms with Crippen LogP contribution >= 0.6 is 0 Å². The summed E-state index contributed by atoms with van der Waals surface area (Å²) in [6.45, 7) is 0.638. The van der Waals surface area contributed by atoms with Crippen LogP contribution in [0.15, 0.2) is 23.1 Å². The third-order valence-electron chi connectivity index (χ3n) is 3.20. The average molecular weight is 285 g/mol. The predicted molar refractivity (Wildman–Crippen MR) is 73.1 cm³/mol. The van der Waals surface area contributed by atoms with Crippen molar-refractivity contribution in [1.82, 2.24) is 0 Å². The summed E-state index contributed by atoms with van der Waals surface area (Å²) in [5, 5.41) is 0. The second-order valence-corrected chi connectivity index (χ2v) is 6.68. The number of sulfone groups is 1. The van der Waals surface area contributed by atoms with Gasteiger partial charge in [0.05, 0.1) is 19.0 Å². The van der Waals surface area contributed by atoms with Crippen LogP contribution in [0.2, 0.25) is 0 Å². The minimum Gasteiger partial charge on any atom is -0.495 e. The number of hydrogen-bond donors (Lipinski definition) is 1. The Labute approximate surface area is 113 Å². The molecule has 6 heteroatoms. The maximum atomic E-state index is 12.4. The zero-order valence-corrected chi connectivity index (χ0v) is 11.8. The highest BCUT2D eigenvalue weighted by atomic mass is 32.2. The molecule has 19 heavy (non-hydrogen) atoms. The van der Waals surface area contributed by atoms with E-state index in [4.69, 9.17) is 15.2 Å². The molecule has 1 atom stereocenters. The van der Waals surface area contributed by atoms with Gasteiger partial charge < -0.3 is 15.2 Å². The van der Waals surface area contributed by atoms with Crippen molar-refractivity contribution in [3.05, 3.63) is 18.2 Å². The van der Waals surface area contributed by atoms with E-state index >= 15 is 0 Å². The molecule has 1 aromatic carbocycles. The molecule has 1 unspecified atom stereocenters. The molecule has 1 aliphatic heterocycles. The molecule has 1 fully saturated rings. The molecule has 0 aromatic heterocycles. The van der Waals surface area contributed by atoms with E-state index in [0.717, 1.165) is 19.3 Å². The maximum absolute atomic E-state index is 12.4. The van der Waals surface area contributed by atoms with E-state index in [1.807, 2.05) is 0 Å². The minimum absolute atomic E-state index is 0.00667. The highest BCUT2D eigenvalue weighted by Gasteiger charge is 2.26. The van der Waals surface area contributed by atoms with E-state index in [0.29, 0.717) is 12.3 Å². The van der Waals surface area contributed by atoms with E-state index in [1.54, 1.807) is 6.07 Å². The van der Waals surface area contributed by atoms with Gasteiger partial charge in [0, 0.05) is 18.4 Å². The summed E-state index contributed by atoms with van der Waals surface area (Å²) in [5.74, 6) is 0.281. The van der Waals surface area contributed by atoms with E-state index in [1.165, 1.54) is 19.2 Å². The molecule has 0 radical (unpaired) electrons. The molecule has 0 aliphatic carbocycles. The quantitative estimate of drug-likeness (QED) is 0.850. The molecule has 0 saturated carbocycles. The molecule has 2 N–H and O–H groups in total. The number of nitrogen functional groups attached to an aromatic ring is 1. The highest BCUT2D eigenvalue weighted by Crippen LogP contribution is 2.28. The lowest BCUT2D eigenvalue weighted by Crippen LogP contribution is -2.27. The third kappa shape index (κ3) is 3.39. The van der Waals surface area contributed by atoms with Crippen LogP contribution < -0.4 is 10.5 Å². The fraction of sp³-hybridized carbons (Fsp3) is 0.538. The second-order valence-electron chi connectivity index (χ2n) is 4.68. The highest BCUT2D eigenvalue weighted by molar-refractivity contribution is 7.91. The summed E-state index contributed by atoms with van der Waals surface area (Å²) in [5.41, 5.74) is 6.11. The van der Waals surface area contributed by atoms with Crippen molar-refractivity contribution in [1.29, 1.82) is 0 Å². The SMILES string of the molecule is COc1cc(N)ccc1S(=O)(=O)CC1CCCCO1. The van der Waals surface area contributed by atoms with Crippen LogP contribution in [0.4, 0.5) is 5.69 Å². The summed E-state index contributed by atoms with van der Waals surface area (Å²) in [4.78, 5) is 0.179. The second kappa shape index (κ2) is 5.79. The smallest absolute Gasteiger partial charge is 0.184 e. The van der Waals surface area contributed by atoms with E-state index < -0.39 is 9.84 Å². The molecule has 1 aliphatic rings. The number of methoxy groups -OCH3 is 1. The van der Waals surface area contributed by atoms with Gasteiger partial charge in [-0.3, -0.25) is 0 Å². The van der Waals surface area contributed by atoms with Crippen LogP contribution in [0.3, 0.4) is 0 Å². The molecule has 106 valence electrons. The third-order valence-corrected chi connectivity index (χ3v) is 5.02. The molecule has 0 spiro atoms. The number of benzene rings is 1. The molecule has 1 heterocycles. The molecule has 5 nitrogen and oxygen atoms in total. The Balaban J connectivity index is 2.23. The largest absolute Gasteiger partial charge is 0.495 e. The Morgan fingerprint density at radius 2 is 2.21 bits per heavy atom. The first-order chi connectivity index (χ1) is 9.03. The normalized spacial score (nSPS) is 20.2. The Morgan fingerprint density at radius 3 is 2.84 bits per heavy atom. The van der Waals surface area contributed by atoms with Gasteiger partial charge in [0.1, 0.15) is 10.6 Å². The number of rotatable bonds is 4. The van der Waals surface area contributed by atoms with Crippen LogP contribution in [-0.2, 0) is 14.6 Å². The van der Waals surface area contributed by atoms with E-state index in [2.05, 4.69) is 0 Å². The Hall–Kier alpha value is -1.27. The number of hydrogen-bond acceptors (Lipinski definition) is 5. The predicted octanol–water partition coefficient (Wildman–Crippen LogP) is 1.62. The zero-order chi connectivity index (χ0) is 13.9. The van der Waals surface area contributed by atoms with Gasteiger partial charge in [-0.1, -0.05) is 0 Å². The molecular weight excluding hydrogens is 266 g/mol. The van der Waals surface area contributed by atoms with Crippen molar-refractivity contribution in [2.75, 3.05) is 25.2 Å². The maximum Gasteiger partial charge on any atom is 0.184 e. The Morgan fingerprint density at radius 1 is 1.42 bits per heavy atom. The van der Waals surface area contributed by atoms with Gasteiger partial charge in [0.2, 0.25) is 0 Å². The molecule has 0 bridgehead atoms. The van der Waals surface area contributed by atoms with Gasteiger partial charge in [-0.2, -0.15) is 0 Å². The van der Waals surface area contributed by atoms with Crippen molar-refractivity contribution in [2.24, 2.45) is 0 Å². The van der Waals surface area contributed by atoms with Crippen molar-refractivity contribution in [2.45, 2.75) is 30.3 Å². The topological polar surface area (TPSA) is 78.6 Å². The summed E-state index contributed by atoms with van der Waals surface area (Å²) >= 11 is 0. The van der Waals surface area contributed by atoms with Gasteiger partial charge in [0.15, 0.2) is 9.84 Å². The fourth-order valence-electron chi connectivity index (χ4n) is 2.21. The molecule has 0 amide bonds. The van der Waals surface area contributed by atoms with Crippen molar-refractivity contribution in [3.63, 3.8) is 0 Å². The first-order valence-electron chi connectivity index (χ1n) is 6.31.